The molecule has 0 saturated heterocycles. The number of thiazole rings is 1. The molecule has 0 aromatic carbocycles. The van der Waals surface area contributed by atoms with Crippen LogP contribution < -0.4 is 5.32 Å². The summed E-state index contributed by atoms with van der Waals surface area (Å²) in [6, 6.07) is 0. The number of carbonyl (C=O) groups is 2. The van der Waals surface area contributed by atoms with Crippen molar-refractivity contribution in [2.24, 2.45) is 5.16 Å². The SMILES string of the molecule is COC(=O)CON=C([C]=O)c1csc(NC=O)n1. The molecule has 1 N–H and O–H groups in total. The first-order chi connectivity index (χ1) is 8.71. The second kappa shape index (κ2) is 7.12. The first-order valence-corrected chi connectivity index (χ1v) is 5.40. The van der Waals surface area contributed by atoms with Crippen LogP contribution in [0, 0.1) is 0 Å². The van der Waals surface area contributed by atoms with Crippen LogP contribution in [0.5, 0.6) is 0 Å². The molecule has 18 heavy (non-hydrogen) atoms. The molecule has 1 aromatic rings. The Hall–Kier alpha value is -2.29. The predicted octanol–water partition coefficient (Wildman–Crippen LogP) is -0.285. The smallest absolute Gasteiger partial charge is 0.346 e. The molecule has 95 valence electrons. The number of hydrogen-bond donors (Lipinski definition) is 1. The van der Waals surface area contributed by atoms with Gasteiger partial charge in [-0.2, -0.15) is 0 Å². The number of oxime groups is 1. The summed E-state index contributed by atoms with van der Waals surface area (Å²) in [5.74, 6) is -0.634. The molecule has 0 aliphatic carbocycles. The molecule has 1 radical (unpaired) electrons. The first kappa shape index (κ1) is 13.8. The highest BCUT2D eigenvalue weighted by Gasteiger charge is 2.10. The molecular weight excluding hydrogens is 262 g/mol. The molecule has 1 heterocycles. The third-order valence-electron chi connectivity index (χ3n) is 1.59. The van der Waals surface area contributed by atoms with Gasteiger partial charge in [0.25, 0.3) is 6.29 Å². The molecule has 0 unspecified atom stereocenters. The number of hydrogen-bond acceptors (Lipinski definition) is 8. The Balaban J connectivity index is 2.69. The standard InChI is InChI=1S/C9H8N3O5S/c1-16-8(15)3-17-12-6(2-13)7-4-18-9(11-7)10-5-14/h4-5H,3H2,1H3,(H,10,11,14). The second-order valence-electron chi connectivity index (χ2n) is 2.69. The Morgan fingerprint density at radius 1 is 1.72 bits per heavy atom. The molecule has 0 atom stereocenters. The van der Waals surface area contributed by atoms with Crippen LogP contribution in [0.15, 0.2) is 10.5 Å². The molecule has 1 amide bonds. The van der Waals surface area contributed by atoms with Crippen molar-refractivity contribution < 1.29 is 24.0 Å². The Morgan fingerprint density at radius 3 is 3.11 bits per heavy atom. The number of rotatable bonds is 7. The van der Waals surface area contributed by atoms with Crippen LogP contribution in [0.25, 0.3) is 0 Å². The van der Waals surface area contributed by atoms with Crippen molar-refractivity contribution in [3.05, 3.63) is 11.1 Å². The summed E-state index contributed by atoms with van der Waals surface area (Å²) in [6.45, 7) is -0.425. The third kappa shape index (κ3) is 3.94. The summed E-state index contributed by atoms with van der Waals surface area (Å²) in [6.07, 6.45) is 1.97. The summed E-state index contributed by atoms with van der Waals surface area (Å²) < 4.78 is 4.31. The number of esters is 1. The minimum absolute atomic E-state index is 0.184. The van der Waals surface area contributed by atoms with E-state index < -0.39 is 12.6 Å². The van der Waals surface area contributed by atoms with E-state index >= 15 is 0 Å². The van der Waals surface area contributed by atoms with Gasteiger partial charge in [-0.3, -0.25) is 9.59 Å². The van der Waals surface area contributed by atoms with E-state index in [0.29, 0.717) is 11.5 Å². The fraction of sp³-hybridized carbons (Fsp3) is 0.222. The lowest BCUT2D eigenvalue weighted by atomic mass is 10.3. The van der Waals surface area contributed by atoms with E-state index in [4.69, 9.17) is 0 Å². The van der Waals surface area contributed by atoms with Gasteiger partial charge >= 0.3 is 5.97 Å². The molecule has 0 aliphatic rings. The van der Waals surface area contributed by atoms with E-state index in [9.17, 15) is 14.4 Å². The maximum atomic E-state index is 10.7. The largest absolute Gasteiger partial charge is 0.466 e. The normalized spacial score (nSPS) is 10.6. The molecule has 0 saturated carbocycles. The number of nitrogens with zero attached hydrogens (tertiary/aromatic N) is 2. The van der Waals surface area contributed by atoms with Crippen molar-refractivity contribution in [1.29, 1.82) is 0 Å². The van der Waals surface area contributed by atoms with Gasteiger partial charge in [0.15, 0.2) is 10.8 Å². The Bertz CT molecular complexity index is 471. The van der Waals surface area contributed by atoms with Gasteiger partial charge < -0.3 is 14.9 Å². The molecule has 0 spiro atoms. The lowest BCUT2D eigenvalue weighted by Gasteiger charge is -1.97. The maximum absolute atomic E-state index is 10.7. The van der Waals surface area contributed by atoms with Gasteiger partial charge in [-0.15, -0.1) is 11.3 Å². The van der Waals surface area contributed by atoms with Crippen LogP contribution in [-0.2, 0) is 24.0 Å². The number of anilines is 1. The topological polar surface area (TPSA) is 107 Å². The minimum atomic E-state index is -0.634. The Kier molecular flexibility index (Phi) is 5.45. The van der Waals surface area contributed by atoms with Crippen molar-refractivity contribution in [3.8, 4) is 0 Å². The van der Waals surface area contributed by atoms with E-state index in [1.807, 2.05) is 0 Å². The van der Waals surface area contributed by atoms with Gasteiger partial charge in [-0.1, -0.05) is 5.16 Å². The van der Waals surface area contributed by atoms with Gasteiger partial charge in [-0.05, 0) is 0 Å². The van der Waals surface area contributed by atoms with E-state index in [-0.39, 0.29) is 11.4 Å². The molecule has 0 bridgehead atoms. The lowest BCUT2D eigenvalue weighted by molar-refractivity contribution is -0.145. The number of methoxy groups -OCH3 is 1. The summed E-state index contributed by atoms with van der Waals surface area (Å²) in [5.41, 5.74) is -0.0293. The highest BCUT2D eigenvalue weighted by Crippen LogP contribution is 2.14. The van der Waals surface area contributed by atoms with Crippen molar-refractivity contribution in [2.45, 2.75) is 0 Å². The van der Waals surface area contributed by atoms with Crippen LogP contribution in [0.1, 0.15) is 5.69 Å². The summed E-state index contributed by atoms with van der Waals surface area (Å²) in [7, 11) is 1.19. The van der Waals surface area contributed by atoms with Gasteiger partial charge in [0.2, 0.25) is 13.0 Å². The molecule has 1 aromatic heterocycles. The lowest BCUT2D eigenvalue weighted by Crippen LogP contribution is -2.10. The van der Waals surface area contributed by atoms with E-state index in [0.717, 1.165) is 11.3 Å². The summed E-state index contributed by atoms with van der Waals surface area (Å²) in [4.78, 5) is 40.0. The number of carbonyl (C=O) groups excluding carboxylic acids is 3. The first-order valence-electron chi connectivity index (χ1n) is 4.52. The number of amides is 1. The van der Waals surface area contributed by atoms with Crippen molar-refractivity contribution in [2.75, 3.05) is 19.0 Å². The van der Waals surface area contributed by atoms with E-state index in [2.05, 4.69) is 25.0 Å². The van der Waals surface area contributed by atoms with Crippen LogP contribution in [0.4, 0.5) is 5.13 Å². The zero-order chi connectivity index (χ0) is 13.4. The predicted molar refractivity (Wildman–Crippen MR) is 62.0 cm³/mol. The highest BCUT2D eigenvalue weighted by molar-refractivity contribution is 7.14. The maximum Gasteiger partial charge on any atom is 0.346 e. The van der Waals surface area contributed by atoms with Crippen LogP contribution in [0.2, 0.25) is 0 Å². The highest BCUT2D eigenvalue weighted by atomic mass is 32.1. The number of nitrogens with one attached hydrogen (secondary N) is 1. The van der Waals surface area contributed by atoms with Crippen LogP contribution in [0.3, 0.4) is 0 Å². The minimum Gasteiger partial charge on any atom is -0.466 e. The van der Waals surface area contributed by atoms with Gasteiger partial charge in [0.05, 0.1) is 7.11 Å². The van der Waals surface area contributed by atoms with E-state index in [1.54, 1.807) is 0 Å². The van der Waals surface area contributed by atoms with Crippen molar-refractivity contribution in [1.82, 2.24) is 4.98 Å². The fourth-order valence-corrected chi connectivity index (χ4v) is 1.48. The summed E-state index contributed by atoms with van der Waals surface area (Å²) in [5, 5.41) is 7.50. The zero-order valence-electron chi connectivity index (χ0n) is 9.21. The molecule has 0 aliphatic heterocycles. The molecule has 9 heteroatoms. The Labute approximate surface area is 106 Å². The molecule has 1 rings (SSSR count). The van der Waals surface area contributed by atoms with Crippen LogP contribution in [-0.4, -0.2) is 43.1 Å². The zero-order valence-corrected chi connectivity index (χ0v) is 10.0. The third-order valence-corrected chi connectivity index (χ3v) is 2.37. The van der Waals surface area contributed by atoms with Gasteiger partial charge in [0.1, 0.15) is 5.69 Å². The van der Waals surface area contributed by atoms with Crippen LogP contribution >= 0.6 is 11.3 Å². The van der Waals surface area contributed by atoms with E-state index in [1.165, 1.54) is 18.8 Å². The summed E-state index contributed by atoms with van der Waals surface area (Å²) >= 11 is 1.10. The van der Waals surface area contributed by atoms with Gasteiger partial charge in [0, 0.05) is 5.38 Å². The van der Waals surface area contributed by atoms with Crippen molar-refractivity contribution in [3.63, 3.8) is 0 Å². The molecular formula is C9H8N3O5S. The number of ether oxygens (including phenoxy) is 1. The van der Waals surface area contributed by atoms with Crippen molar-refractivity contribution >= 4 is 40.8 Å². The Morgan fingerprint density at radius 2 is 2.50 bits per heavy atom. The monoisotopic (exact) mass is 270 g/mol. The average molecular weight is 270 g/mol. The average Bonchev–Trinajstić information content (AvgIpc) is 2.83. The second-order valence-corrected chi connectivity index (χ2v) is 3.55. The molecule has 0 fully saturated rings. The van der Waals surface area contributed by atoms with Gasteiger partial charge in [-0.25, -0.2) is 9.78 Å². The molecule has 8 nitrogen and oxygen atoms in total. The fourth-order valence-electron chi connectivity index (χ4n) is 0.825. The quantitative estimate of drug-likeness (QED) is 0.316. The number of aromatic nitrogens is 1.